The third-order valence-corrected chi connectivity index (χ3v) is 6.38. The highest BCUT2D eigenvalue weighted by molar-refractivity contribution is 7.21. The van der Waals surface area contributed by atoms with Crippen molar-refractivity contribution in [2.24, 2.45) is 0 Å². The average molecular weight is 380 g/mol. The molecule has 1 heterocycles. The number of amides is 1. The van der Waals surface area contributed by atoms with Crippen molar-refractivity contribution < 1.29 is 14.3 Å². The molecule has 0 spiro atoms. The van der Waals surface area contributed by atoms with E-state index in [4.69, 9.17) is 16.3 Å². The molecule has 1 amide bonds. The molecule has 1 aliphatic carbocycles. The number of ether oxygens (including phenoxy) is 1. The Morgan fingerprint density at radius 2 is 1.96 bits per heavy atom. The maximum Gasteiger partial charge on any atom is 0.350 e. The summed E-state index contributed by atoms with van der Waals surface area (Å²) in [5.41, 5.74) is 0. The molecule has 0 atom stereocenters. The van der Waals surface area contributed by atoms with Gasteiger partial charge in [0.05, 0.1) is 5.02 Å². The van der Waals surface area contributed by atoms with Crippen LogP contribution in [0, 0.1) is 0 Å². The first-order valence-corrected chi connectivity index (χ1v) is 9.95. The summed E-state index contributed by atoms with van der Waals surface area (Å²) in [6.07, 6.45) is 5.63. The van der Waals surface area contributed by atoms with Gasteiger partial charge in [-0.05, 0) is 25.8 Å². The molecule has 1 aromatic carbocycles. The van der Waals surface area contributed by atoms with Gasteiger partial charge >= 0.3 is 5.97 Å². The topological polar surface area (TPSA) is 46.6 Å². The van der Waals surface area contributed by atoms with Crippen LogP contribution in [0.1, 0.15) is 48.7 Å². The largest absolute Gasteiger partial charge is 0.451 e. The van der Waals surface area contributed by atoms with E-state index in [2.05, 4.69) is 0 Å². The van der Waals surface area contributed by atoms with E-state index in [1.54, 1.807) is 0 Å². The Balaban J connectivity index is 1.64. The van der Waals surface area contributed by atoms with Gasteiger partial charge in [-0.15, -0.1) is 11.3 Å². The number of carbonyl (C=O) groups is 2. The Labute approximate surface area is 156 Å². The number of hydrogen-bond acceptors (Lipinski definition) is 4. The van der Waals surface area contributed by atoms with Crippen molar-refractivity contribution in [2.45, 2.75) is 45.1 Å². The maximum absolute atomic E-state index is 12.5. The summed E-state index contributed by atoms with van der Waals surface area (Å²) in [5, 5.41) is 1.24. The van der Waals surface area contributed by atoms with Crippen LogP contribution in [0.3, 0.4) is 0 Å². The van der Waals surface area contributed by atoms with E-state index in [1.165, 1.54) is 17.8 Å². The molecule has 6 heteroatoms. The molecule has 0 saturated heterocycles. The third kappa shape index (κ3) is 3.98. The van der Waals surface area contributed by atoms with E-state index >= 15 is 0 Å². The summed E-state index contributed by atoms with van der Waals surface area (Å²) in [6.45, 7) is 2.38. The van der Waals surface area contributed by atoms with Crippen molar-refractivity contribution >= 4 is 44.9 Å². The second kappa shape index (κ2) is 8.19. The van der Waals surface area contributed by atoms with Gasteiger partial charge in [-0.3, -0.25) is 4.79 Å². The van der Waals surface area contributed by atoms with Crippen LogP contribution in [-0.2, 0) is 9.53 Å². The smallest absolute Gasteiger partial charge is 0.350 e. The molecule has 0 aliphatic heterocycles. The lowest BCUT2D eigenvalue weighted by molar-refractivity contribution is -0.137. The molecule has 1 fully saturated rings. The van der Waals surface area contributed by atoms with Gasteiger partial charge in [0, 0.05) is 22.7 Å². The fourth-order valence-corrected chi connectivity index (χ4v) is 4.85. The first kappa shape index (κ1) is 18.2. The zero-order valence-electron chi connectivity index (χ0n) is 14.3. The Morgan fingerprint density at radius 3 is 2.64 bits per heavy atom. The molecule has 1 aliphatic rings. The summed E-state index contributed by atoms with van der Waals surface area (Å²) in [5.74, 6) is -0.653. The molecule has 2 aromatic rings. The molecule has 25 heavy (non-hydrogen) atoms. The number of rotatable bonds is 5. The number of fused-ring (bicyclic) bond motifs is 1. The van der Waals surface area contributed by atoms with Crippen LogP contribution in [0.5, 0.6) is 0 Å². The van der Waals surface area contributed by atoms with E-state index in [1.807, 2.05) is 36.1 Å². The number of esters is 1. The van der Waals surface area contributed by atoms with Crippen LogP contribution in [-0.4, -0.2) is 36.0 Å². The molecule has 134 valence electrons. The highest BCUT2D eigenvalue weighted by Crippen LogP contribution is 2.35. The lowest BCUT2D eigenvalue weighted by Gasteiger charge is -2.33. The fourth-order valence-electron chi connectivity index (χ4n) is 3.45. The zero-order valence-corrected chi connectivity index (χ0v) is 15.9. The van der Waals surface area contributed by atoms with Gasteiger partial charge in [-0.25, -0.2) is 4.79 Å². The monoisotopic (exact) mass is 379 g/mol. The molecule has 0 radical (unpaired) electrons. The van der Waals surface area contributed by atoms with Gasteiger partial charge < -0.3 is 9.64 Å². The van der Waals surface area contributed by atoms with Crippen molar-refractivity contribution in [1.29, 1.82) is 0 Å². The average Bonchev–Trinajstić information content (AvgIpc) is 2.98. The molecule has 1 aromatic heterocycles. The van der Waals surface area contributed by atoms with E-state index in [-0.39, 0.29) is 18.6 Å². The number of likely N-dealkylation sites (N-methyl/N-ethyl adjacent to an activating group) is 1. The van der Waals surface area contributed by atoms with Crippen LogP contribution >= 0.6 is 22.9 Å². The second-order valence-electron chi connectivity index (χ2n) is 6.29. The number of nitrogens with zero attached hydrogens (tertiary/aromatic N) is 1. The maximum atomic E-state index is 12.5. The van der Waals surface area contributed by atoms with Gasteiger partial charge in [0.1, 0.15) is 4.88 Å². The highest BCUT2D eigenvalue weighted by atomic mass is 35.5. The fraction of sp³-hybridized carbons (Fsp3) is 0.474. The number of carbonyl (C=O) groups excluding carboxylic acids is 2. The summed E-state index contributed by atoms with van der Waals surface area (Å²) in [6, 6.07) is 7.84. The van der Waals surface area contributed by atoms with Crippen LogP contribution in [0.2, 0.25) is 5.02 Å². The standard InChI is InChI=1S/C19H22ClNO3S/c1-2-21(13-8-4-3-5-9-13)16(22)12-24-19(23)18-17(20)14-10-6-7-11-15(14)25-18/h6-7,10-11,13H,2-5,8-9,12H2,1H3. The normalized spacial score (nSPS) is 15.3. The zero-order chi connectivity index (χ0) is 17.8. The minimum absolute atomic E-state index is 0.125. The minimum atomic E-state index is -0.528. The Bertz CT molecular complexity index is 767. The number of hydrogen-bond donors (Lipinski definition) is 0. The molecule has 3 rings (SSSR count). The van der Waals surface area contributed by atoms with Crippen molar-refractivity contribution in [3.8, 4) is 0 Å². The first-order valence-electron chi connectivity index (χ1n) is 8.75. The number of thiophene rings is 1. The van der Waals surface area contributed by atoms with Gasteiger partial charge in [0.2, 0.25) is 0 Å². The van der Waals surface area contributed by atoms with Crippen molar-refractivity contribution in [1.82, 2.24) is 4.90 Å². The first-order chi connectivity index (χ1) is 12.1. The molecule has 0 bridgehead atoms. The number of halogens is 1. The van der Waals surface area contributed by atoms with E-state index < -0.39 is 5.97 Å². The van der Waals surface area contributed by atoms with Gasteiger partial charge in [-0.1, -0.05) is 49.1 Å². The molecule has 0 N–H and O–H groups in total. The van der Waals surface area contributed by atoms with Crippen molar-refractivity contribution in [3.05, 3.63) is 34.2 Å². The quantitative estimate of drug-likeness (QED) is 0.694. The van der Waals surface area contributed by atoms with E-state index in [9.17, 15) is 9.59 Å². The van der Waals surface area contributed by atoms with E-state index in [0.29, 0.717) is 16.4 Å². The van der Waals surface area contributed by atoms with E-state index in [0.717, 1.165) is 35.8 Å². The summed E-state index contributed by atoms with van der Waals surface area (Å²) < 4.78 is 6.20. The Kier molecular flexibility index (Phi) is 5.97. The Morgan fingerprint density at radius 1 is 1.24 bits per heavy atom. The number of benzene rings is 1. The molecular weight excluding hydrogens is 358 g/mol. The Hall–Kier alpha value is -1.59. The lowest BCUT2D eigenvalue weighted by Crippen LogP contribution is -2.43. The summed E-state index contributed by atoms with van der Waals surface area (Å²) >= 11 is 7.59. The molecule has 0 unspecified atom stereocenters. The third-order valence-electron chi connectivity index (χ3n) is 4.72. The van der Waals surface area contributed by atoms with Crippen LogP contribution < -0.4 is 0 Å². The van der Waals surface area contributed by atoms with Gasteiger partial charge in [-0.2, -0.15) is 0 Å². The van der Waals surface area contributed by atoms with Gasteiger partial charge in [0.15, 0.2) is 6.61 Å². The van der Waals surface area contributed by atoms with Crippen molar-refractivity contribution in [2.75, 3.05) is 13.2 Å². The predicted octanol–water partition coefficient (Wildman–Crippen LogP) is 4.89. The SMILES string of the molecule is CCN(C(=O)COC(=O)c1sc2ccccc2c1Cl)C1CCCCC1. The van der Waals surface area contributed by atoms with Crippen LogP contribution in [0.15, 0.2) is 24.3 Å². The minimum Gasteiger partial charge on any atom is -0.451 e. The van der Waals surface area contributed by atoms with Gasteiger partial charge in [0.25, 0.3) is 5.91 Å². The van der Waals surface area contributed by atoms with Crippen molar-refractivity contribution in [3.63, 3.8) is 0 Å². The molecule has 1 saturated carbocycles. The molecule has 4 nitrogen and oxygen atoms in total. The highest BCUT2D eigenvalue weighted by Gasteiger charge is 2.26. The predicted molar refractivity (Wildman–Crippen MR) is 101 cm³/mol. The summed E-state index contributed by atoms with van der Waals surface area (Å²) in [4.78, 5) is 27.0. The van der Waals surface area contributed by atoms with Crippen LogP contribution in [0.25, 0.3) is 10.1 Å². The molecular formula is C19H22ClNO3S. The second-order valence-corrected chi connectivity index (χ2v) is 7.72. The summed E-state index contributed by atoms with van der Waals surface area (Å²) in [7, 11) is 0. The van der Waals surface area contributed by atoms with Crippen LogP contribution in [0.4, 0.5) is 0 Å². The lowest BCUT2D eigenvalue weighted by atomic mass is 9.94.